The minimum Gasteiger partial charge on any atom is -0.459 e. The maximum Gasteiger partial charge on any atom is 0.323 e. The second-order valence-corrected chi connectivity index (χ2v) is 25.8. The van der Waals surface area contributed by atoms with Crippen LogP contribution in [0.4, 0.5) is 0 Å². The van der Waals surface area contributed by atoms with Gasteiger partial charge in [0.05, 0.1) is 12.6 Å². The Bertz CT molecular complexity index is 3060. The van der Waals surface area contributed by atoms with Crippen molar-refractivity contribution in [1.29, 1.82) is 0 Å². The van der Waals surface area contributed by atoms with Crippen molar-refractivity contribution in [2.75, 3.05) is 20.2 Å². The van der Waals surface area contributed by atoms with Gasteiger partial charge in [0.2, 0.25) is 59.1 Å². The normalized spacial score (nSPS) is 21.2. The number of nitrogens with one attached hydrogen (secondary N) is 11. The second-order valence-electron chi connectivity index (χ2n) is 25.8. The first-order valence-electron chi connectivity index (χ1n) is 34.1. The van der Waals surface area contributed by atoms with Crippen LogP contribution >= 0.6 is 0 Å². The van der Waals surface area contributed by atoms with Gasteiger partial charge in [0.25, 0.3) is 0 Å². The van der Waals surface area contributed by atoms with E-state index in [1.54, 1.807) is 47.7 Å². The quantitative estimate of drug-likeness (QED) is 0.0292. The number of hydrogen-bond acceptors (Lipinski definition) is 16. The first-order chi connectivity index (χ1) is 45.7. The highest BCUT2D eigenvalue weighted by atomic mass is 16.5. The fraction of sp³-hybridized carbons (Fsp3) is 0.614. The molecule has 3 aromatic rings. The van der Waals surface area contributed by atoms with Gasteiger partial charge < -0.3 is 74.5 Å². The number of ether oxygens (including phenoxy) is 1. The molecule has 4 rings (SSSR count). The molecule has 26 heteroatoms. The fourth-order valence-corrected chi connectivity index (χ4v) is 11.4. The van der Waals surface area contributed by atoms with Crippen molar-refractivity contribution < 1.29 is 62.6 Å². The van der Waals surface area contributed by atoms with E-state index in [0.29, 0.717) is 69.9 Å². The average Bonchev–Trinajstić information content (AvgIpc) is 0.994. The lowest BCUT2D eigenvalue weighted by Crippen LogP contribution is -2.63. The van der Waals surface area contributed by atoms with Crippen molar-refractivity contribution >= 4 is 75.8 Å². The van der Waals surface area contributed by atoms with Gasteiger partial charge in [-0.1, -0.05) is 160 Å². The van der Waals surface area contributed by atoms with E-state index >= 15 is 0 Å². The lowest BCUT2D eigenvalue weighted by atomic mass is 9.94. The minimum atomic E-state index is -1.76. The van der Waals surface area contributed by atoms with E-state index in [0.717, 1.165) is 16.3 Å². The number of benzene rings is 3. The van der Waals surface area contributed by atoms with E-state index in [1.807, 2.05) is 94.4 Å². The third-order valence-corrected chi connectivity index (χ3v) is 18.6. The summed E-state index contributed by atoms with van der Waals surface area (Å²) in [7, 11) is 1.66. The molecule has 16 N–H and O–H groups in total. The molecule has 96 heavy (non-hydrogen) atoms. The molecule has 1 saturated heterocycles. The van der Waals surface area contributed by atoms with Gasteiger partial charge in [-0.05, 0) is 112 Å². The highest BCUT2D eigenvalue weighted by molar-refractivity contribution is 5.99. The maximum atomic E-state index is 15.0. The number of carbonyl (C=O) groups excluding carboxylic acids is 11. The van der Waals surface area contributed by atoms with Crippen molar-refractivity contribution in [2.24, 2.45) is 35.1 Å². The number of esters is 1. The first kappa shape index (κ1) is 80.4. The summed E-state index contributed by atoms with van der Waals surface area (Å²) in [6.45, 7) is 18.3. The molecule has 1 aliphatic rings. The molecule has 0 aliphatic carbocycles. The van der Waals surface area contributed by atoms with Crippen LogP contribution in [-0.4, -0.2) is 169 Å². The molecule has 10 amide bonds. The number of primary amides is 1. The lowest BCUT2D eigenvalue weighted by molar-refractivity contribution is -0.156. The zero-order chi connectivity index (χ0) is 71.3. The van der Waals surface area contributed by atoms with Crippen LogP contribution < -0.4 is 70.0 Å². The van der Waals surface area contributed by atoms with Gasteiger partial charge in [0.1, 0.15) is 60.5 Å². The number of cyclic esters (lactones) is 1. The molecule has 17 atom stereocenters. The summed E-state index contributed by atoms with van der Waals surface area (Å²) in [4.78, 5) is 156. The SMILES string of the molecule is CC[C@H](C)[C@H](NC(=O)[C@@H](CCc1ccccc1)NC)C(=O)N[C@@H](Cc1cccc2ccccc12)C(=O)N[C@H](CCC(N)=O)C(=O)N[C@@H](C(=O)N[C@H](C(=O)N[C@@H](CO)C(=O)N[C@H]1C(=O)N[C@@H](C)C(=O)N[C@@H](CCCCN)C(C)N[C@@H]([C@@H](C)CC)C(=O)O[C@H]1C)[C@@H](C)CC)[C@@H](C)CC. The summed E-state index contributed by atoms with van der Waals surface area (Å²) in [5.74, 6) is -10.7. The third kappa shape index (κ3) is 24.2. The largest absolute Gasteiger partial charge is 0.459 e. The zero-order valence-corrected chi connectivity index (χ0v) is 58.1. The molecule has 1 aliphatic heterocycles. The van der Waals surface area contributed by atoms with Crippen molar-refractivity contribution in [2.45, 2.75) is 232 Å². The molecule has 532 valence electrons. The van der Waals surface area contributed by atoms with Crippen LogP contribution in [0.2, 0.25) is 0 Å². The van der Waals surface area contributed by atoms with Gasteiger partial charge in [-0.15, -0.1) is 0 Å². The number of likely N-dealkylation sites (N-methyl/N-ethyl adjacent to an activating group) is 1. The Morgan fingerprint density at radius 3 is 1.69 bits per heavy atom. The van der Waals surface area contributed by atoms with Crippen molar-refractivity contribution in [3.05, 3.63) is 83.9 Å². The Balaban J connectivity index is 1.62. The number of nitrogens with two attached hydrogens (primary N) is 2. The molecular formula is C70H109N13O13. The summed E-state index contributed by atoms with van der Waals surface area (Å²) < 4.78 is 5.90. The van der Waals surface area contributed by atoms with Gasteiger partial charge >= 0.3 is 5.97 Å². The predicted molar refractivity (Wildman–Crippen MR) is 366 cm³/mol. The number of aliphatic hydroxyl groups is 1. The highest BCUT2D eigenvalue weighted by Crippen LogP contribution is 2.22. The topological polar surface area (TPSA) is 402 Å². The van der Waals surface area contributed by atoms with Crippen LogP contribution in [0.15, 0.2) is 72.8 Å². The predicted octanol–water partition coefficient (Wildman–Crippen LogP) is 1.85. The van der Waals surface area contributed by atoms with Crippen molar-refractivity contribution in [3.63, 3.8) is 0 Å². The molecule has 0 aromatic heterocycles. The summed E-state index contributed by atoms with van der Waals surface area (Å²) in [5.41, 5.74) is 13.1. The molecule has 0 spiro atoms. The van der Waals surface area contributed by atoms with Gasteiger partial charge in [-0.2, -0.15) is 0 Å². The fourth-order valence-electron chi connectivity index (χ4n) is 11.4. The van der Waals surface area contributed by atoms with Crippen LogP contribution in [0.5, 0.6) is 0 Å². The Hall–Kier alpha value is -8.07. The monoisotopic (exact) mass is 1340 g/mol. The van der Waals surface area contributed by atoms with E-state index in [1.165, 1.54) is 13.8 Å². The van der Waals surface area contributed by atoms with Crippen molar-refractivity contribution in [1.82, 2.24) is 58.5 Å². The Labute approximate surface area is 565 Å². The molecular weight excluding hydrogens is 1230 g/mol. The van der Waals surface area contributed by atoms with E-state index in [9.17, 15) is 57.8 Å². The molecule has 0 bridgehead atoms. The Morgan fingerprint density at radius 1 is 0.594 bits per heavy atom. The van der Waals surface area contributed by atoms with Gasteiger partial charge in [-0.3, -0.25) is 58.1 Å². The Kier molecular flexibility index (Phi) is 33.9. The zero-order valence-electron chi connectivity index (χ0n) is 58.1. The maximum absolute atomic E-state index is 15.0. The summed E-state index contributed by atoms with van der Waals surface area (Å²) >= 11 is 0. The number of amides is 10. The van der Waals surface area contributed by atoms with Crippen LogP contribution in [0.3, 0.4) is 0 Å². The number of hydrogen-bond donors (Lipinski definition) is 14. The number of fused-ring (bicyclic) bond motifs is 1. The molecule has 0 saturated carbocycles. The smallest absolute Gasteiger partial charge is 0.323 e. The summed E-state index contributed by atoms with van der Waals surface area (Å²) in [6, 6.07) is 8.74. The van der Waals surface area contributed by atoms with Crippen LogP contribution in [0, 0.1) is 23.7 Å². The molecule has 26 nitrogen and oxygen atoms in total. The van der Waals surface area contributed by atoms with Gasteiger partial charge in [0.15, 0.2) is 0 Å². The van der Waals surface area contributed by atoms with Crippen LogP contribution in [0.1, 0.15) is 151 Å². The Morgan fingerprint density at radius 2 is 1.12 bits per heavy atom. The average molecular weight is 1340 g/mol. The number of rotatable bonds is 36. The molecule has 1 unspecified atom stereocenters. The highest BCUT2D eigenvalue weighted by Gasteiger charge is 2.41. The second kappa shape index (κ2) is 40.5. The van der Waals surface area contributed by atoms with Crippen molar-refractivity contribution in [3.8, 4) is 0 Å². The third-order valence-electron chi connectivity index (χ3n) is 18.6. The summed E-state index contributed by atoms with van der Waals surface area (Å²) in [5, 5.41) is 43.3. The number of unbranched alkanes of at least 4 members (excludes halogenated alkanes) is 1. The standard InChI is InChI=1S/C70H109N13O13/c1-13-39(5)56(80-62(87)51(73-12)33-32-46-25-18-17-19-26-46)66(91)78-53(37-48-29-24-28-47-27-20-21-30-49(47)48)64(89)77-52(34-35-55(72)85)63(88)81-58(41(7)15-3)68(93)82-57(40(6)14-2)67(92)79-54(38-84)65(90)83-60-45(11)96-70(95)59(42(8)16-4)74-43(9)50(31-22-23-36-71)76-61(86)44(10)75-69(60)94/h17-21,24-30,39-45,50-54,56-60,73-74,84H,13-16,22-23,31-38,71H2,1-12H3,(H2,72,85)(H,75,94)(H,76,86)(H,77,89)(H,78,91)(H,79,92)(H,80,87)(H,81,88)(H,82,93)(H,83,90)/t39-,40-,41-,42-,43?,44-,45-,50-,51+,52+,53-,54-,56-,57-,58+,59-,60+/m0/s1. The van der Waals surface area contributed by atoms with Gasteiger partial charge in [0, 0.05) is 24.9 Å². The van der Waals surface area contributed by atoms with Crippen LogP contribution in [-0.2, 0) is 70.3 Å². The number of aliphatic hydroxyl groups excluding tert-OH is 1. The lowest BCUT2D eigenvalue weighted by Gasteiger charge is -2.32. The molecule has 0 radical (unpaired) electrons. The molecule has 1 heterocycles. The number of aryl methyl sites for hydroxylation is 1. The minimum absolute atomic E-state index is 0.0899. The van der Waals surface area contributed by atoms with E-state index in [2.05, 4.69) is 58.5 Å². The van der Waals surface area contributed by atoms with E-state index in [-0.39, 0.29) is 18.8 Å². The van der Waals surface area contributed by atoms with Gasteiger partial charge in [-0.25, -0.2) is 0 Å². The molecule has 3 aromatic carbocycles. The van der Waals surface area contributed by atoms with E-state index < -0.39 is 174 Å². The van der Waals surface area contributed by atoms with Crippen LogP contribution in [0.25, 0.3) is 10.8 Å². The van der Waals surface area contributed by atoms with E-state index in [4.69, 9.17) is 16.2 Å². The first-order valence-corrected chi connectivity index (χ1v) is 34.1. The number of carbonyl (C=O) groups is 11. The summed E-state index contributed by atoms with van der Waals surface area (Å²) in [6.07, 6.45) is 2.30. The molecule has 1 fully saturated rings.